The first kappa shape index (κ1) is 15.8. The largest absolute Gasteiger partial charge is 0.398 e. The third kappa shape index (κ3) is 3.03. The lowest BCUT2D eigenvalue weighted by molar-refractivity contribution is 0.1000. The molecule has 0 heterocycles. The summed E-state index contributed by atoms with van der Waals surface area (Å²) in [7, 11) is -3.65. The summed E-state index contributed by atoms with van der Waals surface area (Å²) in [4.78, 5) is 11.2. The van der Waals surface area contributed by atoms with E-state index in [1.807, 2.05) is 6.92 Å². The van der Waals surface area contributed by atoms with Crippen molar-refractivity contribution in [3.05, 3.63) is 23.8 Å². The molecule has 116 valence electrons. The summed E-state index contributed by atoms with van der Waals surface area (Å²) >= 11 is 0. The Hall–Kier alpha value is -1.60. The van der Waals surface area contributed by atoms with Crippen LogP contribution in [0.4, 0.5) is 5.69 Å². The van der Waals surface area contributed by atoms with Gasteiger partial charge in [-0.25, -0.2) is 8.42 Å². The number of carbonyl (C=O) groups is 1. The van der Waals surface area contributed by atoms with Crippen molar-refractivity contribution in [1.82, 2.24) is 4.31 Å². The molecule has 1 aromatic rings. The number of nitrogens with zero attached hydrogens (tertiary/aromatic N) is 1. The number of sulfonamides is 1. The van der Waals surface area contributed by atoms with Gasteiger partial charge in [-0.15, -0.1) is 0 Å². The van der Waals surface area contributed by atoms with Crippen molar-refractivity contribution in [2.45, 2.75) is 43.5 Å². The fourth-order valence-corrected chi connectivity index (χ4v) is 4.67. The molecule has 1 aromatic carbocycles. The monoisotopic (exact) mass is 311 g/mol. The second-order valence-electron chi connectivity index (χ2n) is 5.26. The Morgan fingerprint density at radius 2 is 1.95 bits per heavy atom. The molecule has 1 fully saturated rings. The molecule has 1 saturated carbocycles. The number of benzene rings is 1. The molecule has 7 heteroatoms. The number of nitrogens with two attached hydrogens (primary N) is 2. The van der Waals surface area contributed by atoms with Gasteiger partial charge in [-0.3, -0.25) is 4.79 Å². The van der Waals surface area contributed by atoms with Crippen LogP contribution in [0.3, 0.4) is 0 Å². The minimum atomic E-state index is -3.65. The highest BCUT2D eigenvalue weighted by atomic mass is 32.2. The summed E-state index contributed by atoms with van der Waals surface area (Å²) in [5.41, 5.74) is 11.3. The van der Waals surface area contributed by atoms with E-state index in [9.17, 15) is 13.2 Å². The summed E-state index contributed by atoms with van der Waals surface area (Å²) in [6.45, 7) is 2.23. The minimum absolute atomic E-state index is 0.0372. The Morgan fingerprint density at radius 1 is 1.33 bits per heavy atom. The molecular weight excluding hydrogens is 290 g/mol. The van der Waals surface area contributed by atoms with Gasteiger partial charge >= 0.3 is 0 Å². The second-order valence-corrected chi connectivity index (χ2v) is 7.12. The Morgan fingerprint density at radius 3 is 2.43 bits per heavy atom. The topological polar surface area (TPSA) is 106 Å². The number of carbonyl (C=O) groups excluding carboxylic acids is 1. The van der Waals surface area contributed by atoms with Crippen LogP contribution < -0.4 is 11.5 Å². The number of anilines is 1. The van der Waals surface area contributed by atoms with Crippen LogP contribution in [-0.2, 0) is 10.0 Å². The summed E-state index contributed by atoms with van der Waals surface area (Å²) in [5.74, 6) is -0.631. The quantitative estimate of drug-likeness (QED) is 0.800. The maximum absolute atomic E-state index is 12.8. The summed E-state index contributed by atoms with van der Waals surface area (Å²) in [5, 5.41) is 0. The lowest BCUT2D eigenvalue weighted by Gasteiger charge is -2.27. The van der Waals surface area contributed by atoms with E-state index in [-0.39, 0.29) is 22.2 Å². The standard InChI is InChI=1S/C14H21N3O3S/c1-2-17(11-5-3-4-6-11)21(19,20)13-8-7-10(14(16)18)9-12(13)15/h7-9,11H,2-6,15H2,1H3,(H2,16,18). The zero-order chi connectivity index (χ0) is 15.6. The highest BCUT2D eigenvalue weighted by molar-refractivity contribution is 7.89. The van der Waals surface area contributed by atoms with Crippen molar-refractivity contribution in [2.75, 3.05) is 12.3 Å². The lowest BCUT2D eigenvalue weighted by Crippen LogP contribution is -2.38. The Kier molecular flexibility index (Phi) is 4.53. The molecule has 0 bridgehead atoms. The van der Waals surface area contributed by atoms with Gasteiger partial charge in [0, 0.05) is 18.2 Å². The third-order valence-electron chi connectivity index (χ3n) is 3.92. The Balaban J connectivity index is 2.40. The zero-order valence-corrected chi connectivity index (χ0v) is 12.9. The van der Waals surface area contributed by atoms with Crippen LogP contribution in [-0.4, -0.2) is 31.2 Å². The van der Waals surface area contributed by atoms with E-state index in [0.717, 1.165) is 25.7 Å². The fraction of sp³-hybridized carbons (Fsp3) is 0.500. The molecule has 0 aromatic heterocycles. The highest BCUT2D eigenvalue weighted by Crippen LogP contribution is 2.30. The smallest absolute Gasteiger partial charge is 0.248 e. The molecule has 0 aliphatic heterocycles. The Bertz CT molecular complexity index is 637. The molecule has 0 atom stereocenters. The van der Waals surface area contributed by atoms with Gasteiger partial charge < -0.3 is 11.5 Å². The fourth-order valence-electron chi connectivity index (χ4n) is 2.88. The SMILES string of the molecule is CCN(C1CCCC1)S(=O)(=O)c1ccc(C(N)=O)cc1N. The van der Waals surface area contributed by atoms with E-state index in [0.29, 0.717) is 6.54 Å². The molecule has 21 heavy (non-hydrogen) atoms. The third-order valence-corrected chi connectivity index (χ3v) is 6.03. The lowest BCUT2D eigenvalue weighted by atomic mass is 10.2. The average molecular weight is 311 g/mol. The van der Waals surface area contributed by atoms with Gasteiger partial charge in [-0.2, -0.15) is 4.31 Å². The van der Waals surface area contributed by atoms with Crippen molar-refractivity contribution in [3.8, 4) is 0 Å². The van der Waals surface area contributed by atoms with Gasteiger partial charge in [0.1, 0.15) is 4.90 Å². The first-order valence-corrected chi connectivity index (χ1v) is 8.53. The normalized spacial score (nSPS) is 16.5. The molecule has 0 spiro atoms. The van der Waals surface area contributed by atoms with Crippen molar-refractivity contribution in [3.63, 3.8) is 0 Å². The van der Waals surface area contributed by atoms with Gasteiger partial charge in [0.25, 0.3) is 0 Å². The van der Waals surface area contributed by atoms with E-state index in [1.165, 1.54) is 22.5 Å². The average Bonchev–Trinajstić information content (AvgIpc) is 2.92. The zero-order valence-electron chi connectivity index (χ0n) is 12.1. The van der Waals surface area contributed by atoms with Crippen LogP contribution in [0.5, 0.6) is 0 Å². The van der Waals surface area contributed by atoms with E-state index in [1.54, 1.807) is 0 Å². The van der Waals surface area contributed by atoms with Gasteiger partial charge in [0.05, 0.1) is 5.69 Å². The number of nitrogen functional groups attached to an aromatic ring is 1. The maximum Gasteiger partial charge on any atom is 0.248 e. The number of rotatable bonds is 5. The van der Waals surface area contributed by atoms with Crippen molar-refractivity contribution < 1.29 is 13.2 Å². The number of primary amides is 1. The van der Waals surface area contributed by atoms with E-state index in [2.05, 4.69) is 0 Å². The van der Waals surface area contributed by atoms with E-state index >= 15 is 0 Å². The van der Waals surface area contributed by atoms with Crippen LogP contribution >= 0.6 is 0 Å². The summed E-state index contributed by atoms with van der Waals surface area (Å²) < 4.78 is 27.1. The molecule has 1 aliphatic rings. The molecule has 0 unspecified atom stereocenters. The molecular formula is C14H21N3O3S. The number of amides is 1. The summed E-state index contributed by atoms with van der Waals surface area (Å²) in [6.07, 6.45) is 3.86. The predicted molar refractivity (Wildman–Crippen MR) is 81.2 cm³/mol. The van der Waals surface area contributed by atoms with E-state index in [4.69, 9.17) is 11.5 Å². The maximum atomic E-state index is 12.8. The molecule has 0 saturated heterocycles. The second kappa shape index (κ2) is 6.03. The van der Waals surface area contributed by atoms with Gasteiger partial charge in [-0.05, 0) is 31.0 Å². The van der Waals surface area contributed by atoms with Crippen molar-refractivity contribution in [2.24, 2.45) is 5.73 Å². The van der Waals surface area contributed by atoms with Crippen LogP contribution in [0.25, 0.3) is 0 Å². The van der Waals surface area contributed by atoms with E-state index < -0.39 is 15.9 Å². The van der Waals surface area contributed by atoms with Gasteiger partial charge in [-0.1, -0.05) is 19.8 Å². The van der Waals surface area contributed by atoms with Crippen molar-refractivity contribution >= 4 is 21.6 Å². The molecule has 2 rings (SSSR count). The van der Waals surface area contributed by atoms with Gasteiger partial charge in [0.15, 0.2) is 0 Å². The molecule has 6 nitrogen and oxygen atoms in total. The Labute approximate surface area is 125 Å². The van der Waals surface area contributed by atoms with Crippen molar-refractivity contribution in [1.29, 1.82) is 0 Å². The molecule has 1 aliphatic carbocycles. The first-order chi connectivity index (χ1) is 9.87. The van der Waals surface area contributed by atoms with Crippen LogP contribution in [0.2, 0.25) is 0 Å². The molecule has 1 amide bonds. The summed E-state index contributed by atoms with van der Waals surface area (Å²) in [6, 6.07) is 4.11. The predicted octanol–water partition coefficient (Wildman–Crippen LogP) is 1.32. The van der Waals surface area contributed by atoms with Crippen LogP contribution in [0.15, 0.2) is 23.1 Å². The molecule has 4 N–H and O–H groups in total. The highest BCUT2D eigenvalue weighted by Gasteiger charge is 2.33. The number of hydrogen-bond donors (Lipinski definition) is 2. The van der Waals surface area contributed by atoms with Crippen LogP contribution in [0.1, 0.15) is 43.0 Å². The van der Waals surface area contributed by atoms with Crippen LogP contribution in [0, 0.1) is 0 Å². The first-order valence-electron chi connectivity index (χ1n) is 7.09. The minimum Gasteiger partial charge on any atom is -0.398 e. The van der Waals surface area contributed by atoms with Gasteiger partial charge in [0.2, 0.25) is 15.9 Å². The molecule has 0 radical (unpaired) electrons. The number of hydrogen-bond acceptors (Lipinski definition) is 4.